The van der Waals surface area contributed by atoms with Crippen molar-refractivity contribution in [2.75, 3.05) is 7.11 Å². The van der Waals surface area contributed by atoms with E-state index in [2.05, 4.69) is 0 Å². The summed E-state index contributed by atoms with van der Waals surface area (Å²) in [4.78, 5) is 11.3. The van der Waals surface area contributed by atoms with Crippen LogP contribution in [0.3, 0.4) is 0 Å². The molecule has 0 aliphatic heterocycles. The van der Waals surface area contributed by atoms with Crippen molar-refractivity contribution in [2.45, 2.75) is 20.8 Å². The molecule has 0 atom stereocenters. The predicted molar refractivity (Wildman–Crippen MR) is 54.1 cm³/mol. The lowest BCUT2D eigenvalue weighted by Gasteiger charge is -2.11. The first kappa shape index (κ1) is 10.6. The molecular weight excluding hydrogens is 180 g/mol. The van der Waals surface area contributed by atoms with Crippen molar-refractivity contribution in [3.8, 4) is 11.5 Å². The number of hydrogen-bond donors (Lipinski definition) is 1. The van der Waals surface area contributed by atoms with Gasteiger partial charge in [0.05, 0.1) is 7.11 Å². The van der Waals surface area contributed by atoms with E-state index in [1.165, 1.54) is 14.0 Å². The molecule has 0 radical (unpaired) electrons. The van der Waals surface area contributed by atoms with Crippen LogP contribution in [0.4, 0.5) is 0 Å². The SMILES string of the molecule is COc1cc(C(C)=O)c(C)c(C)c1O. The maximum Gasteiger partial charge on any atom is 0.161 e. The quantitative estimate of drug-likeness (QED) is 0.734. The molecule has 0 fully saturated rings. The Kier molecular flexibility index (Phi) is 2.79. The van der Waals surface area contributed by atoms with Gasteiger partial charge < -0.3 is 9.84 Å². The molecule has 0 aliphatic carbocycles. The summed E-state index contributed by atoms with van der Waals surface area (Å²) in [7, 11) is 1.47. The summed E-state index contributed by atoms with van der Waals surface area (Å²) < 4.78 is 4.97. The van der Waals surface area contributed by atoms with Crippen LogP contribution in [0.25, 0.3) is 0 Å². The highest BCUT2D eigenvalue weighted by molar-refractivity contribution is 5.96. The highest BCUT2D eigenvalue weighted by Gasteiger charge is 2.14. The van der Waals surface area contributed by atoms with Gasteiger partial charge in [-0.15, -0.1) is 0 Å². The van der Waals surface area contributed by atoms with E-state index in [-0.39, 0.29) is 11.5 Å². The Labute approximate surface area is 83.3 Å². The van der Waals surface area contributed by atoms with E-state index >= 15 is 0 Å². The van der Waals surface area contributed by atoms with Crippen LogP contribution >= 0.6 is 0 Å². The van der Waals surface area contributed by atoms with Crippen molar-refractivity contribution in [2.24, 2.45) is 0 Å². The molecule has 3 nitrogen and oxygen atoms in total. The van der Waals surface area contributed by atoms with Gasteiger partial charge in [-0.2, -0.15) is 0 Å². The number of rotatable bonds is 2. The zero-order chi connectivity index (χ0) is 10.9. The fourth-order valence-electron chi connectivity index (χ4n) is 1.39. The summed E-state index contributed by atoms with van der Waals surface area (Å²) in [6.07, 6.45) is 0. The number of ether oxygens (including phenoxy) is 1. The van der Waals surface area contributed by atoms with Gasteiger partial charge in [-0.05, 0) is 38.0 Å². The van der Waals surface area contributed by atoms with Crippen LogP contribution in [-0.2, 0) is 0 Å². The standard InChI is InChI=1S/C11H14O3/c1-6-7(2)11(13)10(14-4)5-9(6)8(3)12/h5,13H,1-4H3. The van der Waals surface area contributed by atoms with E-state index < -0.39 is 0 Å². The third-order valence-electron chi connectivity index (χ3n) is 2.43. The van der Waals surface area contributed by atoms with Crippen molar-refractivity contribution in [3.63, 3.8) is 0 Å². The van der Waals surface area contributed by atoms with Crippen LogP contribution in [0.5, 0.6) is 11.5 Å². The van der Waals surface area contributed by atoms with Crippen molar-refractivity contribution >= 4 is 5.78 Å². The molecule has 76 valence electrons. The van der Waals surface area contributed by atoms with E-state index in [1.54, 1.807) is 13.0 Å². The largest absolute Gasteiger partial charge is 0.504 e. The average molecular weight is 194 g/mol. The van der Waals surface area contributed by atoms with Crippen molar-refractivity contribution in [1.29, 1.82) is 0 Å². The van der Waals surface area contributed by atoms with Crippen LogP contribution in [0.1, 0.15) is 28.4 Å². The zero-order valence-corrected chi connectivity index (χ0v) is 8.84. The van der Waals surface area contributed by atoms with Gasteiger partial charge in [-0.3, -0.25) is 4.79 Å². The monoisotopic (exact) mass is 194 g/mol. The van der Waals surface area contributed by atoms with Gasteiger partial charge in [0.25, 0.3) is 0 Å². The van der Waals surface area contributed by atoms with Crippen LogP contribution < -0.4 is 4.74 Å². The molecular formula is C11H14O3. The summed E-state index contributed by atoms with van der Waals surface area (Å²) in [5.41, 5.74) is 2.09. The number of phenols is 1. The number of hydrogen-bond acceptors (Lipinski definition) is 3. The molecule has 1 aromatic carbocycles. The molecule has 0 heterocycles. The highest BCUT2D eigenvalue weighted by atomic mass is 16.5. The number of phenolic OH excluding ortho intramolecular Hbond substituents is 1. The molecule has 1 rings (SSSR count). The molecule has 0 amide bonds. The molecule has 0 unspecified atom stereocenters. The molecule has 14 heavy (non-hydrogen) atoms. The molecule has 0 saturated carbocycles. The number of carbonyl (C=O) groups excluding carboxylic acids is 1. The normalized spacial score (nSPS) is 10.0. The number of aromatic hydroxyl groups is 1. The molecule has 0 spiro atoms. The summed E-state index contributed by atoms with van der Waals surface area (Å²) in [5.74, 6) is 0.428. The lowest BCUT2D eigenvalue weighted by atomic mass is 9.99. The summed E-state index contributed by atoms with van der Waals surface area (Å²) in [6.45, 7) is 5.07. The first-order chi connectivity index (χ1) is 6.49. The maximum absolute atomic E-state index is 11.3. The second kappa shape index (κ2) is 3.70. The minimum atomic E-state index is -0.0242. The Morgan fingerprint density at radius 1 is 1.36 bits per heavy atom. The minimum Gasteiger partial charge on any atom is -0.504 e. The van der Waals surface area contributed by atoms with Gasteiger partial charge >= 0.3 is 0 Å². The van der Waals surface area contributed by atoms with Crippen molar-refractivity contribution in [1.82, 2.24) is 0 Å². The highest BCUT2D eigenvalue weighted by Crippen LogP contribution is 2.33. The zero-order valence-electron chi connectivity index (χ0n) is 8.84. The third-order valence-corrected chi connectivity index (χ3v) is 2.43. The van der Waals surface area contributed by atoms with Gasteiger partial charge in [-0.25, -0.2) is 0 Å². The molecule has 3 heteroatoms. The lowest BCUT2D eigenvalue weighted by molar-refractivity contribution is 0.101. The van der Waals surface area contributed by atoms with Gasteiger partial charge in [0.15, 0.2) is 17.3 Å². The molecule has 0 aliphatic rings. The molecule has 0 aromatic heterocycles. The molecule has 0 saturated heterocycles. The van der Waals surface area contributed by atoms with E-state index in [4.69, 9.17) is 4.74 Å². The maximum atomic E-state index is 11.3. The van der Waals surface area contributed by atoms with Crippen LogP contribution in [0.2, 0.25) is 0 Å². The number of benzene rings is 1. The first-order valence-electron chi connectivity index (χ1n) is 4.37. The number of methoxy groups -OCH3 is 1. The topological polar surface area (TPSA) is 46.5 Å². The van der Waals surface area contributed by atoms with Gasteiger partial charge in [0, 0.05) is 5.56 Å². The number of carbonyl (C=O) groups is 1. The van der Waals surface area contributed by atoms with Crippen LogP contribution in [-0.4, -0.2) is 18.0 Å². The minimum absolute atomic E-state index is 0.0242. The number of ketones is 1. The second-order valence-electron chi connectivity index (χ2n) is 3.28. The first-order valence-corrected chi connectivity index (χ1v) is 4.37. The molecule has 1 aromatic rings. The van der Waals surface area contributed by atoms with Gasteiger partial charge in [-0.1, -0.05) is 0 Å². The molecule has 1 N–H and O–H groups in total. The Morgan fingerprint density at radius 3 is 2.36 bits per heavy atom. The smallest absolute Gasteiger partial charge is 0.161 e. The summed E-state index contributed by atoms with van der Waals surface area (Å²) >= 11 is 0. The van der Waals surface area contributed by atoms with E-state index in [0.717, 1.165) is 5.56 Å². The van der Waals surface area contributed by atoms with Crippen molar-refractivity contribution in [3.05, 3.63) is 22.8 Å². The van der Waals surface area contributed by atoms with Crippen molar-refractivity contribution < 1.29 is 14.6 Å². The van der Waals surface area contributed by atoms with Gasteiger partial charge in [0.1, 0.15) is 0 Å². The van der Waals surface area contributed by atoms with Crippen LogP contribution in [0.15, 0.2) is 6.07 Å². The predicted octanol–water partition coefficient (Wildman–Crippen LogP) is 2.22. The Balaban J connectivity index is 3.48. The summed E-state index contributed by atoms with van der Waals surface area (Å²) in [6, 6.07) is 1.57. The third kappa shape index (κ3) is 1.58. The lowest BCUT2D eigenvalue weighted by Crippen LogP contribution is -2.00. The van der Waals surface area contributed by atoms with E-state index in [9.17, 15) is 9.90 Å². The van der Waals surface area contributed by atoms with Crippen LogP contribution in [0, 0.1) is 13.8 Å². The Bertz CT molecular complexity index is 381. The fourth-order valence-corrected chi connectivity index (χ4v) is 1.39. The molecule has 0 bridgehead atoms. The summed E-state index contributed by atoms with van der Waals surface area (Å²) in [5, 5.41) is 9.65. The Hall–Kier alpha value is -1.51. The fraction of sp³-hybridized carbons (Fsp3) is 0.364. The average Bonchev–Trinajstić information content (AvgIpc) is 2.14. The van der Waals surface area contributed by atoms with Gasteiger partial charge in [0.2, 0.25) is 0 Å². The second-order valence-corrected chi connectivity index (χ2v) is 3.28. The Morgan fingerprint density at radius 2 is 1.93 bits per heavy atom. The van der Waals surface area contributed by atoms with E-state index in [1.807, 2.05) is 6.92 Å². The number of Topliss-reactive ketones (excluding diaryl/α,β-unsaturated/α-hetero) is 1. The van der Waals surface area contributed by atoms with E-state index in [0.29, 0.717) is 16.9 Å².